The summed E-state index contributed by atoms with van der Waals surface area (Å²) in [7, 11) is -6.36. The molecule has 10 nitrogen and oxygen atoms in total. The van der Waals surface area contributed by atoms with Crippen molar-refractivity contribution in [2.24, 2.45) is 0 Å². The minimum Gasteiger partial charge on any atom is -0.463 e. The molecular formula is C30H58N2O8Si3. The van der Waals surface area contributed by atoms with Crippen LogP contribution in [0.3, 0.4) is 0 Å². The van der Waals surface area contributed by atoms with Gasteiger partial charge in [-0.3, -0.25) is 9.59 Å². The van der Waals surface area contributed by atoms with Crippen molar-refractivity contribution in [1.29, 1.82) is 0 Å². The second-order valence-corrected chi connectivity index (χ2v) is 27.0. The number of esters is 2. The van der Waals surface area contributed by atoms with Crippen LogP contribution in [0.25, 0.3) is 0 Å². The number of amides is 2. The molecule has 2 N–H and O–H groups in total. The molecule has 0 aliphatic heterocycles. The van der Waals surface area contributed by atoms with Crippen molar-refractivity contribution in [2.75, 3.05) is 13.2 Å². The van der Waals surface area contributed by atoms with Crippen molar-refractivity contribution in [3.63, 3.8) is 0 Å². The normalized spacial score (nSPS) is 13.3. The Morgan fingerprint density at radius 2 is 0.884 bits per heavy atom. The second-order valence-electron chi connectivity index (χ2n) is 14.5. The van der Waals surface area contributed by atoms with Crippen molar-refractivity contribution in [2.45, 2.75) is 130 Å². The SMILES string of the molecule is CC(C)(C)NC(=O)C=CC(=O)OCCCC[Si](C)(C)O[Si](C)(C)O[Si](C)(C)CCCCOC(=O)C=CC(=O)NC(C)(C)C. The van der Waals surface area contributed by atoms with Crippen LogP contribution in [0.4, 0.5) is 0 Å². The zero-order valence-electron chi connectivity index (χ0n) is 28.7. The van der Waals surface area contributed by atoms with Crippen LogP contribution >= 0.6 is 0 Å². The molecule has 43 heavy (non-hydrogen) atoms. The summed E-state index contributed by atoms with van der Waals surface area (Å²) >= 11 is 0. The van der Waals surface area contributed by atoms with E-state index in [2.05, 4.69) is 49.9 Å². The highest BCUT2D eigenvalue weighted by Crippen LogP contribution is 2.26. The van der Waals surface area contributed by atoms with Gasteiger partial charge in [-0.2, -0.15) is 0 Å². The largest absolute Gasteiger partial charge is 0.463 e. The maximum absolute atomic E-state index is 11.9. The third-order valence-corrected chi connectivity index (χ3v) is 17.1. The summed E-state index contributed by atoms with van der Waals surface area (Å²) in [6, 6.07) is 1.85. The van der Waals surface area contributed by atoms with Crippen molar-refractivity contribution in [3.05, 3.63) is 24.3 Å². The highest BCUT2D eigenvalue weighted by Gasteiger charge is 2.39. The van der Waals surface area contributed by atoms with Gasteiger partial charge in [0, 0.05) is 35.4 Å². The summed E-state index contributed by atoms with van der Waals surface area (Å²) in [4.78, 5) is 47.3. The van der Waals surface area contributed by atoms with E-state index in [-0.39, 0.29) is 22.9 Å². The van der Waals surface area contributed by atoms with Gasteiger partial charge in [0.25, 0.3) is 0 Å². The van der Waals surface area contributed by atoms with E-state index in [0.717, 1.165) is 49.9 Å². The number of ether oxygens (including phenoxy) is 2. The number of hydrogen-bond donors (Lipinski definition) is 2. The van der Waals surface area contributed by atoms with E-state index in [1.807, 2.05) is 41.5 Å². The van der Waals surface area contributed by atoms with Crippen LogP contribution in [0.1, 0.15) is 67.2 Å². The zero-order valence-corrected chi connectivity index (χ0v) is 31.7. The van der Waals surface area contributed by atoms with Gasteiger partial charge in [-0.15, -0.1) is 0 Å². The Bertz CT molecular complexity index is 905. The van der Waals surface area contributed by atoms with E-state index < -0.39 is 37.1 Å². The first-order valence-corrected chi connectivity index (χ1v) is 24.2. The van der Waals surface area contributed by atoms with E-state index in [9.17, 15) is 19.2 Å². The quantitative estimate of drug-likeness (QED) is 0.0828. The molecule has 0 saturated carbocycles. The van der Waals surface area contributed by atoms with Gasteiger partial charge in [0.05, 0.1) is 13.2 Å². The van der Waals surface area contributed by atoms with Crippen molar-refractivity contribution in [3.8, 4) is 0 Å². The highest BCUT2D eigenvalue weighted by molar-refractivity contribution is 6.87. The molecule has 0 aliphatic rings. The third kappa shape index (κ3) is 25.0. The smallest absolute Gasteiger partial charge is 0.330 e. The predicted molar refractivity (Wildman–Crippen MR) is 179 cm³/mol. The lowest BCUT2D eigenvalue weighted by Gasteiger charge is -2.38. The molecule has 0 spiro atoms. The minimum atomic E-state index is -2.37. The number of nitrogens with one attached hydrogen (secondary N) is 2. The summed E-state index contributed by atoms with van der Waals surface area (Å²) in [5, 5.41) is 5.51. The molecule has 0 fully saturated rings. The van der Waals surface area contributed by atoms with Crippen molar-refractivity contribution >= 4 is 48.9 Å². The predicted octanol–water partition coefficient (Wildman–Crippen LogP) is 5.72. The molecule has 0 atom stereocenters. The maximum Gasteiger partial charge on any atom is 0.330 e. The zero-order chi connectivity index (χ0) is 33.5. The molecular weight excluding hydrogens is 601 g/mol. The average molecular weight is 659 g/mol. The molecule has 0 bridgehead atoms. The van der Waals surface area contributed by atoms with Gasteiger partial charge in [-0.25, -0.2) is 9.59 Å². The van der Waals surface area contributed by atoms with E-state index >= 15 is 0 Å². The number of hydrogen-bond acceptors (Lipinski definition) is 8. The third-order valence-electron chi connectivity index (χ3n) is 5.62. The fraction of sp³-hybridized carbons (Fsp3) is 0.733. The van der Waals surface area contributed by atoms with Crippen LogP contribution < -0.4 is 10.6 Å². The van der Waals surface area contributed by atoms with E-state index in [1.54, 1.807) is 0 Å². The van der Waals surface area contributed by atoms with Gasteiger partial charge in [0.1, 0.15) is 0 Å². The van der Waals surface area contributed by atoms with Gasteiger partial charge < -0.3 is 28.3 Å². The fourth-order valence-corrected chi connectivity index (χ4v) is 18.5. The topological polar surface area (TPSA) is 129 Å². The monoisotopic (exact) mass is 658 g/mol. The second kappa shape index (κ2) is 18.0. The highest BCUT2D eigenvalue weighted by atomic mass is 28.5. The van der Waals surface area contributed by atoms with E-state index in [1.165, 1.54) is 12.2 Å². The molecule has 0 saturated heterocycles. The lowest BCUT2D eigenvalue weighted by molar-refractivity contribution is -0.138. The Hall–Kier alpha value is -2.07. The Morgan fingerprint density at radius 3 is 1.19 bits per heavy atom. The van der Waals surface area contributed by atoms with Crippen LogP contribution in [-0.2, 0) is 36.9 Å². The number of unbranched alkanes of at least 4 members (excludes halogenated alkanes) is 2. The van der Waals surface area contributed by atoms with Crippen molar-refractivity contribution in [1.82, 2.24) is 10.6 Å². The van der Waals surface area contributed by atoms with E-state index in [4.69, 9.17) is 17.7 Å². The van der Waals surface area contributed by atoms with Crippen LogP contribution in [0, 0.1) is 0 Å². The molecule has 0 aromatic rings. The van der Waals surface area contributed by atoms with Crippen LogP contribution in [0.15, 0.2) is 24.3 Å². The lowest BCUT2D eigenvalue weighted by atomic mass is 10.1. The number of rotatable bonds is 18. The molecule has 0 heterocycles. The van der Waals surface area contributed by atoms with Gasteiger partial charge in [0.15, 0.2) is 16.6 Å². The Labute approximate surface area is 263 Å². The number of carbonyl (C=O) groups is 4. The molecule has 2 amide bonds. The Balaban J connectivity index is 4.38. The summed E-state index contributed by atoms with van der Waals surface area (Å²) in [5.74, 6) is -1.71. The van der Waals surface area contributed by atoms with Gasteiger partial charge in [-0.1, -0.05) is 12.8 Å². The average Bonchev–Trinajstić information content (AvgIpc) is 2.77. The molecule has 0 aliphatic carbocycles. The lowest BCUT2D eigenvalue weighted by Crippen LogP contribution is -2.52. The maximum atomic E-state index is 11.9. The first kappa shape index (κ1) is 40.9. The summed E-state index contributed by atoms with van der Waals surface area (Å²) in [6.07, 6.45) is 7.90. The van der Waals surface area contributed by atoms with Crippen LogP contribution in [0.2, 0.25) is 51.4 Å². The molecule has 13 heteroatoms. The van der Waals surface area contributed by atoms with Gasteiger partial charge >= 0.3 is 20.5 Å². The van der Waals surface area contributed by atoms with Crippen LogP contribution in [-0.4, -0.2) is 73.2 Å². The molecule has 248 valence electrons. The van der Waals surface area contributed by atoms with E-state index in [0.29, 0.717) is 13.2 Å². The summed E-state index contributed by atoms with van der Waals surface area (Å²) in [5.41, 5.74) is -0.731. The fourth-order valence-electron chi connectivity index (χ4n) is 4.31. The van der Waals surface area contributed by atoms with Crippen LogP contribution in [0.5, 0.6) is 0 Å². The van der Waals surface area contributed by atoms with Crippen molar-refractivity contribution < 1.29 is 36.9 Å². The number of carbonyl (C=O) groups excluding carboxylic acids is 4. The molecule has 0 rings (SSSR count). The van der Waals surface area contributed by atoms with Gasteiger partial charge in [-0.05, 0) is 106 Å². The standard InChI is InChI=1S/C30H58N2O8Si3/c1-29(2,3)31-25(33)17-19-27(35)37-21-13-15-23-41(7,8)39-43(11,12)40-42(9,10)24-16-14-22-38-28(36)20-18-26(34)32-30(4,5)6/h17-20H,13-16,21-24H2,1-12H3,(H,31,33)(H,32,34). The first-order chi connectivity index (χ1) is 19.4. The minimum absolute atomic E-state index is 0.296. The molecule has 0 aromatic carbocycles. The molecule has 0 unspecified atom stereocenters. The Kier molecular flexibility index (Phi) is 17.2. The first-order valence-electron chi connectivity index (χ1n) is 15.1. The summed E-state index contributed by atoms with van der Waals surface area (Å²) in [6.45, 7) is 24.8. The molecule has 0 aromatic heterocycles. The Morgan fingerprint density at radius 1 is 0.558 bits per heavy atom. The van der Waals surface area contributed by atoms with Gasteiger partial charge in [0.2, 0.25) is 11.8 Å². The molecule has 0 radical (unpaired) electrons. The summed E-state index contributed by atoms with van der Waals surface area (Å²) < 4.78 is 23.7.